The van der Waals surface area contributed by atoms with Gasteiger partial charge in [-0.15, -0.1) is 0 Å². The first-order valence-electron chi connectivity index (χ1n) is 8.49. The minimum Gasteiger partial charge on any atom is -0.343 e. The summed E-state index contributed by atoms with van der Waals surface area (Å²) in [4.78, 5) is 13.3. The highest BCUT2D eigenvalue weighted by Gasteiger charge is 2.34. The smallest absolute Gasteiger partial charge is 0.219 e. The molecule has 1 fully saturated rings. The Bertz CT molecular complexity index is 378. The molecule has 1 aliphatic rings. The standard InChI is InChI=1S/C15H21NO.2C2H6/c1-3-15(14-7-5-4-6-8-14)9-11-16(12-10-15)13(2)17;2*1-2/h4-8H,3,9-12H2,1-2H3;2*1-2H3. The molecule has 0 unspecified atom stereocenters. The Morgan fingerprint density at radius 3 is 1.90 bits per heavy atom. The first-order chi connectivity index (χ1) is 10.2. The molecule has 0 bridgehead atoms. The van der Waals surface area contributed by atoms with Crippen molar-refractivity contribution in [2.45, 2.75) is 66.2 Å². The van der Waals surface area contributed by atoms with Gasteiger partial charge in [0.15, 0.2) is 0 Å². The molecule has 0 aliphatic carbocycles. The van der Waals surface area contributed by atoms with E-state index in [0.717, 1.165) is 32.4 Å². The summed E-state index contributed by atoms with van der Waals surface area (Å²) in [6.07, 6.45) is 3.34. The molecular formula is C19H33NO. The summed E-state index contributed by atoms with van der Waals surface area (Å²) in [6.45, 7) is 13.7. The molecule has 2 heteroatoms. The first-order valence-corrected chi connectivity index (χ1v) is 8.49. The first kappa shape index (κ1) is 19.7. The van der Waals surface area contributed by atoms with E-state index in [0.29, 0.717) is 0 Å². The summed E-state index contributed by atoms with van der Waals surface area (Å²) in [5.74, 6) is 0.211. The highest BCUT2D eigenvalue weighted by Crippen LogP contribution is 2.38. The zero-order valence-corrected chi connectivity index (χ0v) is 14.8. The lowest BCUT2D eigenvalue weighted by Crippen LogP contribution is -2.44. The Labute approximate surface area is 131 Å². The van der Waals surface area contributed by atoms with E-state index in [9.17, 15) is 4.79 Å². The van der Waals surface area contributed by atoms with Crippen LogP contribution < -0.4 is 0 Å². The number of piperidine rings is 1. The van der Waals surface area contributed by atoms with Crippen molar-refractivity contribution in [3.8, 4) is 0 Å². The second-order valence-electron chi connectivity index (χ2n) is 5.01. The lowest BCUT2D eigenvalue weighted by molar-refractivity contribution is -0.130. The van der Waals surface area contributed by atoms with Crippen molar-refractivity contribution >= 4 is 5.91 Å². The summed E-state index contributed by atoms with van der Waals surface area (Å²) in [6, 6.07) is 10.8. The van der Waals surface area contributed by atoms with Crippen molar-refractivity contribution in [1.82, 2.24) is 4.90 Å². The molecule has 0 saturated carbocycles. The number of hydrogen-bond donors (Lipinski definition) is 0. The Morgan fingerprint density at radius 2 is 1.52 bits per heavy atom. The van der Waals surface area contributed by atoms with Crippen LogP contribution in [0.1, 0.15) is 66.4 Å². The molecule has 1 amide bonds. The van der Waals surface area contributed by atoms with E-state index in [1.165, 1.54) is 5.56 Å². The van der Waals surface area contributed by atoms with Crippen LogP contribution in [0.4, 0.5) is 0 Å². The molecule has 120 valence electrons. The van der Waals surface area contributed by atoms with E-state index in [4.69, 9.17) is 0 Å². The fraction of sp³-hybridized carbons (Fsp3) is 0.632. The third kappa shape index (κ3) is 5.18. The highest BCUT2D eigenvalue weighted by molar-refractivity contribution is 5.73. The van der Waals surface area contributed by atoms with Crippen molar-refractivity contribution in [3.05, 3.63) is 35.9 Å². The van der Waals surface area contributed by atoms with Gasteiger partial charge in [0.1, 0.15) is 0 Å². The van der Waals surface area contributed by atoms with Gasteiger partial charge in [0, 0.05) is 20.0 Å². The van der Waals surface area contributed by atoms with Crippen LogP contribution in [0, 0.1) is 0 Å². The fourth-order valence-corrected chi connectivity index (χ4v) is 2.89. The van der Waals surface area contributed by atoms with Crippen molar-refractivity contribution < 1.29 is 4.79 Å². The minimum absolute atomic E-state index is 0.211. The van der Waals surface area contributed by atoms with Crippen LogP contribution in [0.2, 0.25) is 0 Å². The van der Waals surface area contributed by atoms with Gasteiger partial charge in [-0.3, -0.25) is 4.79 Å². The van der Waals surface area contributed by atoms with Crippen LogP contribution in [-0.2, 0) is 10.2 Å². The van der Waals surface area contributed by atoms with E-state index in [1.54, 1.807) is 6.92 Å². The van der Waals surface area contributed by atoms with E-state index in [1.807, 2.05) is 32.6 Å². The van der Waals surface area contributed by atoms with Gasteiger partial charge in [0.2, 0.25) is 5.91 Å². The summed E-state index contributed by atoms with van der Waals surface area (Å²) in [5.41, 5.74) is 1.72. The number of nitrogens with zero attached hydrogens (tertiary/aromatic N) is 1. The third-order valence-corrected chi connectivity index (χ3v) is 4.23. The number of hydrogen-bond acceptors (Lipinski definition) is 1. The van der Waals surface area contributed by atoms with Gasteiger partial charge in [-0.25, -0.2) is 0 Å². The average molecular weight is 291 g/mol. The minimum atomic E-state index is 0.211. The van der Waals surface area contributed by atoms with Crippen molar-refractivity contribution in [2.75, 3.05) is 13.1 Å². The molecule has 0 aromatic heterocycles. The Balaban J connectivity index is 0.000000921. The van der Waals surface area contributed by atoms with E-state index < -0.39 is 0 Å². The number of likely N-dealkylation sites (tertiary alicyclic amines) is 1. The lowest BCUT2D eigenvalue weighted by Gasteiger charge is -2.41. The van der Waals surface area contributed by atoms with Gasteiger partial charge < -0.3 is 4.90 Å². The van der Waals surface area contributed by atoms with E-state index in [-0.39, 0.29) is 11.3 Å². The van der Waals surface area contributed by atoms with Crippen LogP contribution in [0.5, 0.6) is 0 Å². The Kier molecular flexibility index (Phi) is 9.77. The quantitative estimate of drug-likeness (QED) is 0.748. The molecule has 21 heavy (non-hydrogen) atoms. The second kappa shape index (κ2) is 10.4. The molecule has 1 heterocycles. The van der Waals surface area contributed by atoms with Crippen LogP contribution in [-0.4, -0.2) is 23.9 Å². The normalized spacial score (nSPS) is 16.0. The monoisotopic (exact) mass is 291 g/mol. The molecular weight excluding hydrogens is 258 g/mol. The molecule has 0 radical (unpaired) electrons. The predicted molar refractivity (Wildman–Crippen MR) is 92.6 cm³/mol. The third-order valence-electron chi connectivity index (χ3n) is 4.23. The Hall–Kier alpha value is -1.31. The number of amides is 1. The average Bonchev–Trinajstić information content (AvgIpc) is 2.59. The zero-order valence-electron chi connectivity index (χ0n) is 14.8. The van der Waals surface area contributed by atoms with Gasteiger partial charge in [0.25, 0.3) is 0 Å². The van der Waals surface area contributed by atoms with Gasteiger partial charge in [-0.2, -0.15) is 0 Å². The maximum absolute atomic E-state index is 11.4. The predicted octanol–water partition coefficient (Wildman–Crippen LogP) is 5.03. The van der Waals surface area contributed by atoms with Crippen molar-refractivity contribution in [3.63, 3.8) is 0 Å². The molecule has 1 aromatic carbocycles. The number of rotatable bonds is 2. The molecule has 2 nitrogen and oxygen atoms in total. The van der Waals surface area contributed by atoms with Gasteiger partial charge in [0.05, 0.1) is 0 Å². The van der Waals surface area contributed by atoms with Crippen LogP contribution in [0.25, 0.3) is 0 Å². The van der Waals surface area contributed by atoms with Crippen LogP contribution in [0.3, 0.4) is 0 Å². The molecule has 1 aromatic rings. The SMILES string of the molecule is CC.CC.CCC1(c2ccccc2)CCN(C(C)=O)CC1. The molecule has 0 spiro atoms. The van der Waals surface area contributed by atoms with Crippen LogP contribution >= 0.6 is 0 Å². The topological polar surface area (TPSA) is 20.3 Å². The number of carbonyl (C=O) groups is 1. The molecule has 1 aliphatic heterocycles. The molecule has 0 atom stereocenters. The molecule has 1 saturated heterocycles. The van der Waals surface area contributed by atoms with E-state index >= 15 is 0 Å². The number of carbonyl (C=O) groups excluding carboxylic acids is 1. The van der Waals surface area contributed by atoms with E-state index in [2.05, 4.69) is 37.3 Å². The zero-order chi connectivity index (χ0) is 16.3. The summed E-state index contributed by atoms with van der Waals surface area (Å²) in [5, 5.41) is 0. The number of benzene rings is 1. The van der Waals surface area contributed by atoms with Crippen LogP contribution in [0.15, 0.2) is 30.3 Å². The van der Waals surface area contributed by atoms with Crippen molar-refractivity contribution in [2.24, 2.45) is 0 Å². The van der Waals surface area contributed by atoms with Gasteiger partial charge in [-0.05, 0) is 30.2 Å². The van der Waals surface area contributed by atoms with Gasteiger partial charge in [-0.1, -0.05) is 65.0 Å². The maximum Gasteiger partial charge on any atom is 0.219 e. The lowest BCUT2D eigenvalue weighted by atomic mass is 9.71. The fourth-order valence-electron chi connectivity index (χ4n) is 2.89. The maximum atomic E-state index is 11.4. The largest absolute Gasteiger partial charge is 0.343 e. The summed E-state index contributed by atoms with van der Waals surface area (Å²) >= 11 is 0. The Morgan fingerprint density at radius 1 is 1.05 bits per heavy atom. The second-order valence-corrected chi connectivity index (χ2v) is 5.01. The molecule has 0 N–H and O–H groups in total. The summed E-state index contributed by atoms with van der Waals surface area (Å²) in [7, 11) is 0. The summed E-state index contributed by atoms with van der Waals surface area (Å²) < 4.78 is 0. The highest BCUT2D eigenvalue weighted by atomic mass is 16.2. The van der Waals surface area contributed by atoms with Crippen molar-refractivity contribution in [1.29, 1.82) is 0 Å². The molecule has 2 rings (SSSR count). The van der Waals surface area contributed by atoms with Gasteiger partial charge >= 0.3 is 0 Å².